The second-order valence-corrected chi connectivity index (χ2v) is 9.19. The summed E-state index contributed by atoms with van der Waals surface area (Å²) in [6.45, 7) is 2.66. The molecule has 144 valence electrons. The Hall–Kier alpha value is -1.76. The van der Waals surface area contributed by atoms with Gasteiger partial charge in [0.25, 0.3) is 0 Å². The number of aryl methyl sites for hydroxylation is 1. The van der Waals surface area contributed by atoms with Gasteiger partial charge < -0.3 is 4.79 Å². The Bertz CT molecular complexity index is 938. The van der Waals surface area contributed by atoms with Crippen LogP contribution in [0.2, 0.25) is 5.02 Å². The molecule has 0 unspecified atom stereocenters. The zero-order valence-electron chi connectivity index (χ0n) is 15.3. The van der Waals surface area contributed by atoms with Crippen LogP contribution in [0.5, 0.6) is 0 Å². The van der Waals surface area contributed by atoms with Crippen LogP contribution in [-0.2, 0) is 21.2 Å². The van der Waals surface area contributed by atoms with Crippen molar-refractivity contribution in [1.29, 1.82) is 0 Å². The Morgan fingerprint density at radius 3 is 2.59 bits per heavy atom. The van der Waals surface area contributed by atoms with Gasteiger partial charge in [0, 0.05) is 42.5 Å². The number of rotatable bonds is 6. The molecule has 7 heteroatoms. The topological polar surface area (TPSA) is 67.3 Å². The predicted molar refractivity (Wildman–Crippen MR) is 106 cm³/mol. The largest absolute Gasteiger partial charge is 0.300 e. The van der Waals surface area contributed by atoms with E-state index in [0.29, 0.717) is 36.5 Å². The fourth-order valence-electron chi connectivity index (χ4n) is 3.33. The van der Waals surface area contributed by atoms with Gasteiger partial charge in [-0.25, -0.2) is 8.42 Å². The van der Waals surface area contributed by atoms with Crippen molar-refractivity contribution in [3.63, 3.8) is 0 Å². The number of hydrogen-bond donors (Lipinski definition) is 0. The first-order valence-electron chi connectivity index (χ1n) is 9.12. The van der Waals surface area contributed by atoms with Gasteiger partial charge in [-0.2, -0.15) is 4.31 Å². The number of halogens is 1. The molecule has 0 N–H and O–H groups in total. The lowest BCUT2D eigenvalue weighted by Crippen LogP contribution is -2.35. The van der Waals surface area contributed by atoms with Crippen LogP contribution in [-0.4, -0.2) is 36.6 Å². The third kappa shape index (κ3) is 4.57. The zero-order valence-corrected chi connectivity index (χ0v) is 16.9. The number of sulfonamides is 1. The maximum absolute atomic E-state index is 13.0. The lowest BCUT2D eigenvalue weighted by atomic mass is 9.98. The van der Waals surface area contributed by atoms with Gasteiger partial charge in [0.15, 0.2) is 0 Å². The van der Waals surface area contributed by atoms with E-state index in [2.05, 4.69) is 4.98 Å². The molecule has 0 amide bonds. The summed E-state index contributed by atoms with van der Waals surface area (Å²) < 4.78 is 27.6. The number of hydrogen-bond acceptors (Lipinski definition) is 4. The molecule has 1 saturated heterocycles. The van der Waals surface area contributed by atoms with Gasteiger partial charge in [-0.15, -0.1) is 0 Å². The van der Waals surface area contributed by atoms with E-state index < -0.39 is 10.0 Å². The molecule has 0 saturated carbocycles. The Balaban J connectivity index is 2.01. The van der Waals surface area contributed by atoms with Gasteiger partial charge in [0.05, 0.1) is 4.90 Å². The fraction of sp³-hybridized carbons (Fsp3) is 0.400. The number of carbonyl (C=O) groups excluding carboxylic acids is 1. The summed E-state index contributed by atoms with van der Waals surface area (Å²) in [7, 11) is -3.54. The van der Waals surface area contributed by atoms with Gasteiger partial charge in [-0.05, 0) is 61.6 Å². The number of Topliss-reactive ketones (excluding diaryl/α,β-unsaturated/α-hetero) is 1. The summed E-state index contributed by atoms with van der Waals surface area (Å²) in [5, 5.41) is 0.475. The molecular formula is C20H23ClN2O3S. The van der Waals surface area contributed by atoms with Crippen LogP contribution in [0.15, 0.2) is 41.6 Å². The van der Waals surface area contributed by atoms with E-state index >= 15 is 0 Å². The second-order valence-electron chi connectivity index (χ2n) is 6.84. The molecular weight excluding hydrogens is 384 g/mol. The summed E-state index contributed by atoms with van der Waals surface area (Å²) >= 11 is 6.41. The fourth-order valence-corrected chi connectivity index (χ4v) is 5.09. The number of ketones is 1. The first-order valence-corrected chi connectivity index (χ1v) is 10.9. The van der Waals surface area contributed by atoms with Crippen molar-refractivity contribution in [1.82, 2.24) is 9.29 Å². The van der Waals surface area contributed by atoms with E-state index in [4.69, 9.17) is 11.6 Å². The molecule has 3 rings (SSSR count). The highest BCUT2D eigenvalue weighted by Gasteiger charge is 2.26. The van der Waals surface area contributed by atoms with Crippen molar-refractivity contribution < 1.29 is 13.2 Å². The Morgan fingerprint density at radius 2 is 1.89 bits per heavy atom. The van der Waals surface area contributed by atoms with Crippen LogP contribution in [0.1, 0.15) is 38.2 Å². The highest BCUT2D eigenvalue weighted by atomic mass is 35.5. The van der Waals surface area contributed by atoms with E-state index in [9.17, 15) is 13.2 Å². The lowest BCUT2D eigenvalue weighted by Gasteiger charge is -2.26. The minimum atomic E-state index is -3.54. The number of nitrogens with zero attached hydrogens (tertiary/aromatic N) is 2. The molecule has 1 aliphatic heterocycles. The number of benzene rings is 1. The zero-order chi connectivity index (χ0) is 19.4. The average molecular weight is 407 g/mol. The average Bonchev–Trinajstić information content (AvgIpc) is 2.67. The van der Waals surface area contributed by atoms with Crippen molar-refractivity contribution in [3.05, 3.63) is 47.2 Å². The monoisotopic (exact) mass is 406 g/mol. The molecule has 0 spiro atoms. The summed E-state index contributed by atoms with van der Waals surface area (Å²) in [4.78, 5) is 15.8. The van der Waals surface area contributed by atoms with Crippen molar-refractivity contribution in [2.75, 3.05) is 13.1 Å². The van der Waals surface area contributed by atoms with Crippen molar-refractivity contribution in [2.24, 2.45) is 0 Å². The lowest BCUT2D eigenvalue weighted by molar-refractivity contribution is -0.116. The summed E-state index contributed by atoms with van der Waals surface area (Å²) in [6, 6.07) is 6.64. The molecule has 1 fully saturated rings. The minimum absolute atomic E-state index is 0.0947. The normalized spacial score (nSPS) is 15.6. The van der Waals surface area contributed by atoms with Gasteiger partial charge in [0.1, 0.15) is 5.78 Å². The van der Waals surface area contributed by atoms with E-state index in [0.717, 1.165) is 30.4 Å². The molecule has 2 aromatic rings. The highest BCUT2D eigenvalue weighted by Crippen LogP contribution is 2.34. The van der Waals surface area contributed by atoms with E-state index in [1.807, 2.05) is 6.07 Å². The van der Waals surface area contributed by atoms with Crippen molar-refractivity contribution in [2.45, 2.75) is 43.9 Å². The molecule has 27 heavy (non-hydrogen) atoms. The standard InChI is InChI=1S/C20H23ClN2O3S/c1-15(24)5-6-16-14-22-10-9-18(16)19-13-17(7-8-20(19)21)27(25,26)23-11-3-2-4-12-23/h7-10,13-14H,2-6,11-12H2,1H3. The second kappa shape index (κ2) is 8.50. The third-order valence-electron chi connectivity index (χ3n) is 4.83. The van der Waals surface area contributed by atoms with Crippen LogP contribution in [0, 0.1) is 0 Å². The van der Waals surface area contributed by atoms with E-state index in [-0.39, 0.29) is 10.7 Å². The minimum Gasteiger partial charge on any atom is -0.300 e. The summed E-state index contributed by atoms with van der Waals surface area (Å²) in [5.74, 6) is 0.0947. The smallest absolute Gasteiger partial charge is 0.243 e. The van der Waals surface area contributed by atoms with Crippen LogP contribution in [0.3, 0.4) is 0 Å². The molecule has 0 bridgehead atoms. The SMILES string of the molecule is CC(=O)CCc1cnccc1-c1cc(S(=O)(=O)N2CCCCC2)ccc1Cl. The molecule has 1 aliphatic rings. The quantitative estimate of drug-likeness (QED) is 0.724. The van der Waals surface area contributed by atoms with E-state index in [1.54, 1.807) is 41.8 Å². The Morgan fingerprint density at radius 1 is 1.15 bits per heavy atom. The molecule has 1 aromatic heterocycles. The molecule has 0 atom stereocenters. The van der Waals surface area contributed by atoms with Gasteiger partial charge in [-0.3, -0.25) is 4.98 Å². The molecule has 0 aliphatic carbocycles. The first kappa shape index (κ1) is 20.0. The van der Waals surface area contributed by atoms with Gasteiger partial charge >= 0.3 is 0 Å². The van der Waals surface area contributed by atoms with Crippen molar-refractivity contribution in [3.8, 4) is 11.1 Å². The van der Waals surface area contributed by atoms with Crippen LogP contribution in [0.4, 0.5) is 0 Å². The predicted octanol–water partition coefficient (Wildman–Crippen LogP) is 4.10. The number of carbonyl (C=O) groups is 1. The van der Waals surface area contributed by atoms with E-state index in [1.165, 1.54) is 0 Å². The summed E-state index contributed by atoms with van der Waals surface area (Å²) in [5.41, 5.74) is 2.34. The Labute approximate surface area is 165 Å². The van der Waals surface area contributed by atoms with Crippen molar-refractivity contribution >= 4 is 27.4 Å². The van der Waals surface area contributed by atoms with Gasteiger partial charge in [-0.1, -0.05) is 18.0 Å². The van der Waals surface area contributed by atoms with Gasteiger partial charge in [0.2, 0.25) is 10.0 Å². The molecule has 1 aromatic carbocycles. The summed E-state index contributed by atoms with van der Waals surface area (Å²) in [6.07, 6.45) is 7.14. The van der Waals surface area contributed by atoms with Crippen LogP contribution in [0.25, 0.3) is 11.1 Å². The maximum atomic E-state index is 13.0. The molecule has 0 radical (unpaired) electrons. The number of piperidine rings is 1. The first-order chi connectivity index (χ1) is 12.9. The Kier molecular flexibility index (Phi) is 6.29. The number of pyridine rings is 1. The molecule has 2 heterocycles. The third-order valence-corrected chi connectivity index (χ3v) is 7.06. The van der Waals surface area contributed by atoms with Crippen LogP contribution >= 0.6 is 11.6 Å². The molecule has 5 nitrogen and oxygen atoms in total. The maximum Gasteiger partial charge on any atom is 0.243 e. The highest BCUT2D eigenvalue weighted by molar-refractivity contribution is 7.89. The van der Waals surface area contributed by atoms with Crippen LogP contribution < -0.4 is 0 Å². The number of aromatic nitrogens is 1.